The normalized spacial score (nSPS) is 11.1. The number of pyridine rings is 1. The summed E-state index contributed by atoms with van der Waals surface area (Å²) in [6, 6.07) is 22.6. The number of hydrogen-bond donors (Lipinski definition) is 1. The molecule has 12 heteroatoms. The Kier molecular flexibility index (Phi) is 10.7. The summed E-state index contributed by atoms with van der Waals surface area (Å²) in [6.07, 6.45) is -0.643. The van der Waals surface area contributed by atoms with E-state index in [1.54, 1.807) is 69.3 Å². The monoisotopic (exact) mass is 696 g/mol. The van der Waals surface area contributed by atoms with Crippen LogP contribution in [0, 0.1) is 0 Å². The van der Waals surface area contributed by atoms with Crippen LogP contribution in [0.1, 0.15) is 36.8 Å². The van der Waals surface area contributed by atoms with E-state index < -0.39 is 23.2 Å². The fraction of sp³-hybridized carbons (Fsp3) is 0.256. The van der Waals surface area contributed by atoms with Gasteiger partial charge in [-0.15, -0.1) is 0 Å². The Labute approximate surface area is 295 Å². The van der Waals surface area contributed by atoms with Crippen molar-refractivity contribution < 1.29 is 42.7 Å². The van der Waals surface area contributed by atoms with Crippen molar-refractivity contribution in [1.82, 2.24) is 4.57 Å². The van der Waals surface area contributed by atoms with E-state index in [1.165, 1.54) is 40.1 Å². The molecule has 0 spiro atoms. The van der Waals surface area contributed by atoms with Crippen molar-refractivity contribution in [3.8, 4) is 45.6 Å². The molecular formula is C39H40N2O10. The van der Waals surface area contributed by atoms with Crippen LogP contribution >= 0.6 is 0 Å². The number of nitrogens with zero attached hydrogens (tertiary/aromatic N) is 1. The van der Waals surface area contributed by atoms with Crippen molar-refractivity contribution in [3.05, 3.63) is 100 Å². The molecule has 0 aliphatic carbocycles. The summed E-state index contributed by atoms with van der Waals surface area (Å²) in [4.78, 5) is 40.9. The predicted octanol–water partition coefficient (Wildman–Crippen LogP) is 7.40. The van der Waals surface area contributed by atoms with E-state index >= 15 is 0 Å². The Morgan fingerprint density at radius 3 is 1.88 bits per heavy atom. The molecule has 0 aliphatic rings. The van der Waals surface area contributed by atoms with Crippen LogP contribution in [0.3, 0.4) is 0 Å². The largest absolute Gasteiger partial charge is 0.493 e. The molecule has 1 heterocycles. The van der Waals surface area contributed by atoms with Gasteiger partial charge in [0, 0.05) is 22.3 Å². The van der Waals surface area contributed by atoms with Gasteiger partial charge in [-0.2, -0.15) is 0 Å². The number of ether oxygens (including phenoxy) is 7. The van der Waals surface area contributed by atoms with Gasteiger partial charge < -0.3 is 33.2 Å². The smallest absolute Gasteiger partial charge is 0.412 e. The van der Waals surface area contributed by atoms with Crippen LogP contribution in [-0.2, 0) is 16.1 Å². The summed E-state index contributed by atoms with van der Waals surface area (Å²) in [7, 11) is 7.16. The molecule has 0 unspecified atom stereocenters. The number of fused-ring (bicyclic) bond motifs is 1. The summed E-state index contributed by atoms with van der Waals surface area (Å²) >= 11 is 0. The first-order chi connectivity index (χ1) is 24.4. The molecule has 5 aromatic rings. The van der Waals surface area contributed by atoms with E-state index in [9.17, 15) is 14.4 Å². The summed E-state index contributed by atoms with van der Waals surface area (Å²) < 4.78 is 40.8. The molecule has 0 atom stereocenters. The van der Waals surface area contributed by atoms with E-state index in [0.717, 1.165) is 5.56 Å². The van der Waals surface area contributed by atoms with Gasteiger partial charge in [0.1, 0.15) is 17.9 Å². The third-order valence-electron chi connectivity index (χ3n) is 7.81. The molecule has 4 aromatic carbocycles. The molecule has 0 bridgehead atoms. The SMILES string of the molecule is COC(=O)c1c(-c2cc(OC)c(OC)c(OC)c2)c2cc(OCc3ccccc3)c(OC)cc2c(=O)n1-c1ccc(NC(=O)OC(C)(C)C)cc1. The summed E-state index contributed by atoms with van der Waals surface area (Å²) in [5, 5.41) is 3.27. The lowest BCUT2D eigenvalue weighted by atomic mass is 9.95. The zero-order chi connectivity index (χ0) is 36.9. The molecule has 5 rings (SSSR count). The molecule has 51 heavy (non-hydrogen) atoms. The summed E-state index contributed by atoms with van der Waals surface area (Å²) in [6.45, 7) is 5.49. The lowest BCUT2D eigenvalue weighted by Crippen LogP contribution is -2.27. The summed E-state index contributed by atoms with van der Waals surface area (Å²) in [5.41, 5.74) is 1.08. The molecule has 0 fully saturated rings. The van der Waals surface area contributed by atoms with Crippen LogP contribution in [0.25, 0.3) is 27.6 Å². The minimum atomic E-state index is -0.795. The second kappa shape index (κ2) is 15.2. The molecular weight excluding hydrogens is 656 g/mol. The maximum atomic E-state index is 14.6. The van der Waals surface area contributed by atoms with E-state index in [2.05, 4.69) is 5.32 Å². The number of amides is 1. The molecule has 0 aliphatic heterocycles. The van der Waals surface area contributed by atoms with Crippen molar-refractivity contribution in [2.24, 2.45) is 0 Å². The molecule has 1 N–H and O–H groups in total. The number of methoxy groups -OCH3 is 5. The topological polar surface area (TPSA) is 133 Å². The van der Waals surface area contributed by atoms with Gasteiger partial charge in [-0.05, 0) is 80.4 Å². The molecule has 0 radical (unpaired) electrons. The van der Waals surface area contributed by atoms with Gasteiger partial charge in [-0.3, -0.25) is 14.7 Å². The number of carbonyl (C=O) groups excluding carboxylic acids is 2. The zero-order valence-corrected chi connectivity index (χ0v) is 29.7. The first kappa shape index (κ1) is 36.1. The Morgan fingerprint density at radius 2 is 1.33 bits per heavy atom. The van der Waals surface area contributed by atoms with Gasteiger partial charge in [-0.1, -0.05) is 30.3 Å². The lowest BCUT2D eigenvalue weighted by Gasteiger charge is -2.22. The standard InChI is InChI=1S/C39H40N2O10/c1-39(2,3)51-38(44)40-25-14-16-26(17-15-25)41-34(37(43)49-8)33(24-18-31(46-5)35(48-7)32(19-24)47-6)27-20-30(29(45-4)21-28(27)36(41)42)50-22-23-12-10-9-11-13-23/h9-21H,22H2,1-8H3,(H,40,44). The quantitative estimate of drug-likeness (QED) is 0.139. The Hall–Kier alpha value is -6.17. The zero-order valence-electron chi connectivity index (χ0n) is 29.7. The maximum absolute atomic E-state index is 14.6. The van der Waals surface area contributed by atoms with Crippen LogP contribution < -0.4 is 34.6 Å². The highest BCUT2D eigenvalue weighted by Crippen LogP contribution is 2.45. The Bertz CT molecular complexity index is 2090. The first-order valence-electron chi connectivity index (χ1n) is 15.9. The van der Waals surface area contributed by atoms with E-state index in [1.807, 2.05) is 30.3 Å². The molecule has 1 amide bonds. The molecule has 0 saturated heterocycles. The van der Waals surface area contributed by atoms with E-state index in [4.69, 9.17) is 33.2 Å². The minimum absolute atomic E-state index is 0.0868. The van der Waals surface area contributed by atoms with Crippen molar-refractivity contribution in [3.63, 3.8) is 0 Å². The van der Waals surface area contributed by atoms with Crippen LogP contribution in [-0.4, -0.2) is 57.8 Å². The molecule has 266 valence electrons. The molecule has 0 saturated carbocycles. The molecule has 12 nitrogen and oxygen atoms in total. The van der Waals surface area contributed by atoms with Crippen LogP contribution in [0.5, 0.6) is 28.7 Å². The van der Waals surface area contributed by atoms with E-state index in [-0.39, 0.29) is 17.7 Å². The van der Waals surface area contributed by atoms with Crippen molar-refractivity contribution in [2.45, 2.75) is 33.0 Å². The average Bonchev–Trinajstić information content (AvgIpc) is 3.12. The van der Waals surface area contributed by atoms with Gasteiger partial charge in [0.2, 0.25) is 5.75 Å². The fourth-order valence-electron chi connectivity index (χ4n) is 5.58. The van der Waals surface area contributed by atoms with Crippen molar-refractivity contribution >= 4 is 28.5 Å². The second-order valence-electron chi connectivity index (χ2n) is 12.3. The third kappa shape index (κ3) is 7.70. The number of aromatic nitrogens is 1. The Morgan fingerprint density at radius 1 is 0.725 bits per heavy atom. The van der Waals surface area contributed by atoms with Crippen LogP contribution in [0.4, 0.5) is 10.5 Å². The number of benzene rings is 4. The number of carbonyl (C=O) groups is 2. The lowest BCUT2D eigenvalue weighted by molar-refractivity contribution is 0.0589. The first-order valence-corrected chi connectivity index (χ1v) is 15.9. The van der Waals surface area contributed by atoms with Gasteiger partial charge in [-0.25, -0.2) is 9.59 Å². The van der Waals surface area contributed by atoms with Gasteiger partial charge in [0.25, 0.3) is 5.56 Å². The highest BCUT2D eigenvalue weighted by atomic mass is 16.6. The second-order valence-corrected chi connectivity index (χ2v) is 12.3. The average molecular weight is 697 g/mol. The molecule has 1 aromatic heterocycles. The van der Waals surface area contributed by atoms with Crippen molar-refractivity contribution in [1.29, 1.82) is 0 Å². The number of esters is 1. The Balaban J connectivity index is 1.82. The highest BCUT2D eigenvalue weighted by Gasteiger charge is 2.28. The van der Waals surface area contributed by atoms with Crippen LogP contribution in [0.15, 0.2) is 83.7 Å². The highest BCUT2D eigenvalue weighted by molar-refractivity contribution is 6.08. The van der Waals surface area contributed by atoms with Gasteiger partial charge >= 0.3 is 12.1 Å². The predicted molar refractivity (Wildman–Crippen MR) is 193 cm³/mol. The minimum Gasteiger partial charge on any atom is -0.493 e. The van der Waals surface area contributed by atoms with Crippen LogP contribution in [0.2, 0.25) is 0 Å². The summed E-state index contributed by atoms with van der Waals surface area (Å²) in [5.74, 6) is 0.827. The number of nitrogens with one attached hydrogen (secondary N) is 1. The van der Waals surface area contributed by atoms with E-state index in [0.29, 0.717) is 56.6 Å². The fourth-order valence-corrected chi connectivity index (χ4v) is 5.58. The van der Waals surface area contributed by atoms with Gasteiger partial charge in [0.15, 0.2) is 23.0 Å². The third-order valence-corrected chi connectivity index (χ3v) is 7.81. The van der Waals surface area contributed by atoms with Crippen molar-refractivity contribution in [2.75, 3.05) is 40.9 Å². The number of rotatable bonds is 11. The number of hydrogen-bond acceptors (Lipinski definition) is 10. The number of anilines is 1. The van der Waals surface area contributed by atoms with Gasteiger partial charge in [0.05, 0.1) is 40.9 Å². The maximum Gasteiger partial charge on any atom is 0.412 e.